The van der Waals surface area contributed by atoms with E-state index in [0.29, 0.717) is 21.5 Å². The molecule has 1 aliphatic rings. The molecule has 7 nitrogen and oxygen atoms in total. The maximum absolute atomic E-state index is 13.2. The number of aryl methyl sites for hydroxylation is 1. The standard InChI is InChI=1S/C28H24ClN5O2/c29-22-14-13-18(16-21(22)28-32-31-25-12-2-1-7-15-33(25)28)30-26(35)17-34-23-10-5-3-8-19(23)27(36)20-9-4-6-11-24(20)34/h3-6,8-11,13-14,16H,1-2,7,12,15,17H2,(H,30,35). The molecule has 1 amide bonds. The Hall–Kier alpha value is -3.97. The van der Waals surface area contributed by atoms with Gasteiger partial charge in [0.15, 0.2) is 11.3 Å². The molecule has 180 valence electrons. The first-order valence-corrected chi connectivity index (χ1v) is 12.5. The van der Waals surface area contributed by atoms with Gasteiger partial charge in [-0.2, -0.15) is 0 Å². The van der Waals surface area contributed by atoms with Crippen LogP contribution in [-0.4, -0.2) is 25.2 Å². The molecule has 3 heterocycles. The summed E-state index contributed by atoms with van der Waals surface area (Å²) in [6.45, 7) is 0.913. The Morgan fingerprint density at radius 2 is 1.64 bits per heavy atom. The fourth-order valence-electron chi connectivity index (χ4n) is 5.05. The average molecular weight is 498 g/mol. The second-order valence-corrected chi connectivity index (χ2v) is 9.50. The van der Waals surface area contributed by atoms with Crippen LogP contribution in [0.4, 0.5) is 5.69 Å². The smallest absolute Gasteiger partial charge is 0.244 e. The van der Waals surface area contributed by atoms with Crippen molar-refractivity contribution < 1.29 is 4.79 Å². The number of fused-ring (bicyclic) bond motifs is 3. The van der Waals surface area contributed by atoms with Crippen molar-refractivity contribution in [2.45, 2.75) is 38.8 Å². The Morgan fingerprint density at radius 3 is 2.39 bits per heavy atom. The van der Waals surface area contributed by atoms with Crippen LogP contribution in [0, 0.1) is 0 Å². The lowest BCUT2D eigenvalue weighted by Crippen LogP contribution is -2.21. The number of hydrogen-bond acceptors (Lipinski definition) is 4. The van der Waals surface area contributed by atoms with Crippen molar-refractivity contribution in [3.63, 3.8) is 0 Å². The van der Waals surface area contributed by atoms with Gasteiger partial charge in [-0.15, -0.1) is 10.2 Å². The molecule has 2 aromatic heterocycles. The van der Waals surface area contributed by atoms with Crippen LogP contribution in [0.2, 0.25) is 5.02 Å². The maximum Gasteiger partial charge on any atom is 0.244 e. The zero-order valence-electron chi connectivity index (χ0n) is 19.6. The molecule has 1 N–H and O–H groups in total. The number of carbonyl (C=O) groups excluding carboxylic acids is 1. The van der Waals surface area contributed by atoms with Gasteiger partial charge in [0.25, 0.3) is 0 Å². The third-order valence-electron chi connectivity index (χ3n) is 6.78. The van der Waals surface area contributed by atoms with Crippen molar-refractivity contribution in [2.75, 3.05) is 5.32 Å². The number of carbonyl (C=O) groups is 1. The van der Waals surface area contributed by atoms with Gasteiger partial charge < -0.3 is 14.5 Å². The van der Waals surface area contributed by atoms with Gasteiger partial charge >= 0.3 is 0 Å². The summed E-state index contributed by atoms with van der Waals surface area (Å²) >= 11 is 6.56. The molecule has 0 radical (unpaired) electrons. The number of nitrogens with zero attached hydrogens (tertiary/aromatic N) is 4. The molecule has 1 aliphatic heterocycles. The van der Waals surface area contributed by atoms with Gasteiger partial charge in [0.1, 0.15) is 12.4 Å². The molecule has 36 heavy (non-hydrogen) atoms. The number of hydrogen-bond donors (Lipinski definition) is 1. The highest BCUT2D eigenvalue weighted by molar-refractivity contribution is 6.33. The molecule has 3 aromatic carbocycles. The van der Waals surface area contributed by atoms with Gasteiger partial charge in [0.2, 0.25) is 5.91 Å². The third kappa shape index (κ3) is 3.95. The summed E-state index contributed by atoms with van der Waals surface area (Å²) in [7, 11) is 0. The van der Waals surface area contributed by atoms with Gasteiger partial charge in [-0.3, -0.25) is 9.59 Å². The van der Waals surface area contributed by atoms with Crippen molar-refractivity contribution >= 4 is 45.0 Å². The zero-order chi connectivity index (χ0) is 24.6. The number of para-hydroxylation sites is 2. The van der Waals surface area contributed by atoms with Crippen LogP contribution in [0.3, 0.4) is 0 Å². The van der Waals surface area contributed by atoms with E-state index >= 15 is 0 Å². The summed E-state index contributed by atoms with van der Waals surface area (Å²) in [4.78, 5) is 26.2. The predicted molar refractivity (Wildman–Crippen MR) is 142 cm³/mol. The number of anilines is 1. The lowest BCUT2D eigenvalue weighted by atomic mass is 10.1. The molecule has 8 heteroatoms. The molecule has 0 saturated heterocycles. The van der Waals surface area contributed by atoms with Crippen LogP contribution in [0.5, 0.6) is 0 Å². The van der Waals surface area contributed by atoms with Gasteiger partial charge in [0, 0.05) is 35.0 Å². The molecule has 0 saturated carbocycles. The molecule has 5 aromatic rings. The maximum atomic E-state index is 13.2. The van der Waals surface area contributed by atoms with Crippen LogP contribution < -0.4 is 10.7 Å². The van der Waals surface area contributed by atoms with Crippen molar-refractivity contribution in [1.82, 2.24) is 19.3 Å². The molecule has 6 rings (SSSR count). The Morgan fingerprint density at radius 1 is 0.917 bits per heavy atom. The molecule has 0 unspecified atom stereocenters. The number of aromatic nitrogens is 4. The van der Waals surface area contributed by atoms with E-state index in [-0.39, 0.29) is 17.9 Å². The Balaban J connectivity index is 1.34. The summed E-state index contributed by atoms with van der Waals surface area (Å²) in [6, 6.07) is 20.2. The second kappa shape index (κ2) is 9.24. The highest BCUT2D eigenvalue weighted by atomic mass is 35.5. The monoisotopic (exact) mass is 497 g/mol. The van der Waals surface area contributed by atoms with Crippen molar-refractivity contribution in [1.29, 1.82) is 0 Å². The van der Waals surface area contributed by atoms with Crippen LogP contribution in [0.1, 0.15) is 25.1 Å². The van der Waals surface area contributed by atoms with Crippen molar-refractivity contribution in [2.24, 2.45) is 0 Å². The number of pyridine rings is 1. The van der Waals surface area contributed by atoms with Gasteiger partial charge in [-0.1, -0.05) is 42.3 Å². The van der Waals surface area contributed by atoms with E-state index < -0.39 is 0 Å². The quantitative estimate of drug-likeness (QED) is 0.335. The summed E-state index contributed by atoms with van der Waals surface area (Å²) in [6.07, 6.45) is 4.26. The van der Waals surface area contributed by atoms with Crippen LogP contribution >= 0.6 is 11.6 Å². The molecule has 0 atom stereocenters. The topological polar surface area (TPSA) is 81.8 Å². The Kier molecular flexibility index (Phi) is 5.77. The number of rotatable bonds is 4. The van der Waals surface area contributed by atoms with Gasteiger partial charge in [-0.05, 0) is 55.3 Å². The summed E-state index contributed by atoms with van der Waals surface area (Å²) in [5.74, 6) is 1.50. The first-order chi connectivity index (χ1) is 17.6. The highest BCUT2D eigenvalue weighted by Crippen LogP contribution is 2.31. The zero-order valence-corrected chi connectivity index (χ0v) is 20.3. The number of amides is 1. The van der Waals surface area contributed by atoms with Crippen LogP contribution in [0.15, 0.2) is 71.5 Å². The third-order valence-corrected chi connectivity index (χ3v) is 7.11. The van der Waals surface area contributed by atoms with E-state index in [0.717, 1.165) is 54.1 Å². The van der Waals surface area contributed by atoms with Gasteiger partial charge in [0.05, 0.1) is 16.1 Å². The van der Waals surface area contributed by atoms with Crippen molar-refractivity contribution in [3.05, 3.63) is 87.8 Å². The lowest BCUT2D eigenvalue weighted by Gasteiger charge is -2.15. The van der Waals surface area contributed by atoms with Crippen LogP contribution in [-0.2, 0) is 24.3 Å². The number of halogens is 1. The average Bonchev–Trinajstić information content (AvgIpc) is 3.15. The molecule has 0 bridgehead atoms. The van der Waals surface area contributed by atoms with E-state index in [4.69, 9.17) is 11.6 Å². The lowest BCUT2D eigenvalue weighted by molar-refractivity contribution is -0.116. The highest BCUT2D eigenvalue weighted by Gasteiger charge is 2.19. The minimum absolute atomic E-state index is 0.0346. The van der Waals surface area contributed by atoms with E-state index in [1.807, 2.05) is 47.0 Å². The largest absolute Gasteiger partial charge is 0.331 e. The van der Waals surface area contributed by atoms with E-state index in [1.54, 1.807) is 24.3 Å². The second-order valence-electron chi connectivity index (χ2n) is 9.09. The van der Waals surface area contributed by atoms with E-state index in [9.17, 15) is 9.59 Å². The van der Waals surface area contributed by atoms with E-state index in [2.05, 4.69) is 20.1 Å². The Labute approximate surface area is 212 Å². The molecule has 0 fully saturated rings. The summed E-state index contributed by atoms with van der Waals surface area (Å²) < 4.78 is 4.02. The summed E-state index contributed by atoms with van der Waals surface area (Å²) in [5, 5.41) is 13.5. The normalized spacial score (nSPS) is 13.5. The first kappa shape index (κ1) is 22.5. The number of nitrogens with one attached hydrogen (secondary N) is 1. The van der Waals surface area contributed by atoms with Crippen LogP contribution in [0.25, 0.3) is 33.2 Å². The van der Waals surface area contributed by atoms with E-state index in [1.165, 1.54) is 6.42 Å². The fourth-order valence-corrected chi connectivity index (χ4v) is 5.25. The molecular weight excluding hydrogens is 474 g/mol. The SMILES string of the molecule is O=C(Cn1c2ccccc2c(=O)c2ccccc21)Nc1ccc(Cl)c(-c2nnc3n2CCCCC3)c1. The van der Waals surface area contributed by atoms with Gasteiger partial charge in [-0.25, -0.2) is 0 Å². The molecule has 0 aliphatic carbocycles. The van der Waals surface area contributed by atoms with Crippen molar-refractivity contribution in [3.8, 4) is 11.4 Å². The number of benzene rings is 3. The minimum Gasteiger partial charge on any atom is -0.331 e. The summed E-state index contributed by atoms with van der Waals surface area (Å²) in [5.41, 5.74) is 2.78. The molecule has 0 spiro atoms. The Bertz CT molecular complexity index is 1630. The fraction of sp³-hybridized carbons (Fsp3) is 0.214. The molecular formula is C28H24ClN5O2. The first-order valence-electron chi connectivity index (χ1n) is 12.1. The minimum atomic E-state index is -0.206. The predicted octanol–water partition coefficient (Wildman–Crippen LogP) is 5.43.